The van der Waals surface area contributed by atoms with E-state index in [0.717, 1.165) is 47.0 Å². The molecule has 13 nitrogen and oxygen atoms in total. The fourth-order valence-corrected chi connectivity index (χ4v) is 9.15. The van der Waals surface area contributed by atoms with E-state index in [4.69, 9.17) is 33.7 Å². The lowest BCUT2D eigenvalue weighted by atomic mass is 9.84. The van der Waals surface area contributed by atoms with Crippen LogP contribution in [0.4, 0.5) is 0 Å². The van der Waals surface area contributed by atoms with E-state index in [1.165, 1.54) is 12.7 Å². The van der Waals surface area contributed by atoms with Gasteiger partial charge < -0.3 is 43.0 Å². The number of nitrogens with one attached hydrogen (secondary N) is 1. The Morgan fingerprint density at radius 3 is 1.44 bits per heavy atom. The first-order valence-corrected chi connectivity index (χ1v) is 25.2. The normalized spacial score (nSPS) is 17.0. The van der Waals surface area contributed by atoms with E-state index in [1.807, 2.05) is 88.5 Å². The van der Waals surface area contributed by atoms with Crippen molar-refractivity contribution in [3.63, 3.8) is 0 Å². The van der Waals surface area contributed by atoms with Crippen molar-refractivity contribution < 1.29 is 33.3 Å². The van der Waals surface area contributed by atoms with Crippen molar-refractivity contribution in [1.29, 1.82) is 0 Å². The van der Waals surface area contributed by atoms with Crippen LogP contribution in [-0.4, -0.2) is 94.1 Å². The maximum atomic E-state index is 13.6. The highest BCUT2D eigenvalue weighted by Crippen LogP contribution is 2.41. The largest absolute Gasteiger partial charge is 0.462 e. The van der Waals surface area contributed by atoms with Crippen molar-refractivity contribution in [2.45, 2.75) is 106 Å². The summed E-state index contributed by atoms with van der Waals surface area (Å²) in [6.07, 6.45) is 4.21. The smallest absolute Gasteiger partial charge is 0.396 e. The van der Waals surface area contributed by atoms with Gasteiger partial charge in [-0.3, -0.25) is 4.79 Å². The minimum absolute atomic E-state index is 0.0244. The molecule has 0 aliphatic carbocycles. The molecule has 2 aromatic heterocycles. The molecule has 4 heterocycles. The molecule has 2 aliphatic heterocycles. The number of imidazole rings is 2. The summed E-state index contributed by atoms with van der Waals surface area (Å²) >= 11 is 0. The Hall–Kier alpha value is -5.96. The molecule has 2 atom stereocenters. The number of carbonyl (C=O) groups excluding carboxylic acids is 2. The Kier molecular flexibility index (Phi) is 17.4. The van der Waals surface area contributed by atoms with Gasteiger partial charge in [0.1, 0.15) is 11.6 Å². The van der Waals surface area contributed by atoms with Gasteiger partial charge in [0.05, 0.1) is 57.0 Å². The molecule has 1 amide bonds. The number of ether oxygens (including phenoxy) is 5. The molecule has 72 heavy (non-hydrogen) atoms. The van der Waals surface area contributed by atoms with Gasteiger partial charge in [-0.1, -0.05) is 163 Å². The second-order valence-electron chi connectivity index (χ2n) is 22.1. The van der Waals surface area contributed by atoms with Crippen molar-refractivity contribution in [3.05, 3.63) is 156 Å². The fraction of sp³-hybridized carbons (Fsp3) is 0.458. The Balaban J connectivity index is 0.000000214. The number of aromatic nitrogens is 4. The van der Waals surface area contributed by atoms with Crippen molar-refractivity contribution in [2.24, 2.45) is 22.7 Å². The highest BCUT2D eigenvalue weighted by atomic mass is 16.7. The van der Waals surface area contributed by atoms with E-state index >= 15 is 0 Å². The van der Waals surface area contributed by atoms with Crippen LogP contribution < -0.4 is 5.32 Å². The third kappa shape index (κ3) is 14.4. The van der Waals surface area contributed by atoms with E-state index in [1.54, 1.807) is 4.90 Å². The zero-order valence-electron chi connectivity index (χ0n) is 44.3. The zero-order valence-corrected chi connectivity index (χ0v) is 44.3. The summed E-state index contributed by atoms with van der Waals surface area (Å²) in [5.74, 6) is -0.853. The van der Waals surface area contributed by atoms with Crippen LogP contribution in [0.5, 0.6) is 0 Å². The summed E-state index contributed by atoms with van der Waals surface area (Å²) in [6.45, 7) is 25.3. The number of benzene rings is 4. The SMILES string of the molecule is CC1(C)OCC(CN[C@@H](c2nc(-c3ccccc3)cn2Cc2ccccc2)C(C)(C)C)CO1.COC(=O)C(=O)N(CC1COC(C)(C)OC1)[C@@H](c1nc(-c2ccccc2)cn1Cc1ccccc1)C(C)(C)C. The van der Waals surface area contributed by atoms with Crippen molar-refractivity contribution >= 4 is 11.9 Å². The number of esters is 1. The molecule has 6 aromatic rings. The summed E-state index contributed by atoms with van der Waals surface area (Å²) in [6, 6.07) is 40.6. The van der Waals surface area contributed by atoms with Gasteiger partial charge >= 0.3 is 11.9 Å². The predicted molar refractivity (Wildman–Crippen MR) is 281 cm³/mol. The Morgan fingerprint density at radius 1 is 0.625 bits per heavy atom. The fourth-order valence-electron chi connectivity index (χ4n) is 9.15. The summed E-state index contributed by atoms with van der Waals surface area (Å²) in [7, 11) is 1.23. The predicted octanol–water partition coefficient (Wildman–Crippen LogP) is 10.8. The number of hydrogen-bond donors (Lipinski definition) is 1. The lowest BCUT2D eigenvalue weighted by Crippen LogP contribution is -2.50. The van der Waals surface area contributed by atoms with Crippen LogP contribution in [0.2, 0.25) is 0 Å². The summed E-state index contributed by atoms with van der Waals surface area (Å²) in [4.78, 5) is 38.1. The number of methoxy groups -OCH3 is 1. The van der Waals surface area contributed by atoms with Gasteiger partial charge in [-0.05, 0) is 49.7 Å². The Morgan fingerprint density at radius 2 is 1.03 bits per heavy atom. The number of nitrogens with zero attached hydrogens (tertiary/aromatic N) is 5. The molecule has 0 unspecified atom stereocenters. The van der Waals surface area contributed by atoms with Crippen LogP contribution in [0.15, 0.2) is 134 Å². The molecule has 4 aromatic carbocycles. The van der Waals surface area contributed by atoms with Crippen LogP contribution in [0, 0.1) is 22.7 Å². The van der Waals surface area contributed by atoms with Crippen molar-refractivity contribution in [2.75, 3.05) is 46.6 Å². The molecule has 0 spiro atoms. The first-order chi connectivity index (χ1) is 34.2. The third-order valence-electron chi connectivity index (χ3n) is 13.0. The van der Waals surface area contributed by atoms with E-state index in [0.29, 0.717) is 44.7 Å². The summed E-state index contributed by atoms with van der Waals surface area (Å²) in [5.41, 5.74) is 5.77. The van der Waals surface area contributed by atoms with E-state index in [-0.39, 0.29) is 23.9 Å². The van der Waals surface area contributed by atoms with Crippen LogP contribution in [0.1, 0.15) is 104 Å². The number of rotatable bonds is 14. The monoisotopic (exact) mass is 981 g/mol. The molecule has 0 radical (unpaired) electrons. The van der Waals surface area contributed by atoms with Crippen LogP contribution in [-0.2, 0) is 46.4 Å². The molecule has 0 bridgehead atoms. The molecule has 384 valence electrons. The summed E-state index contributed by atoms with van der Waals surface area (Å²) < 4.78 is 32.8. The molecule has 2 aliphatic rings. The van der Waals surface area contributed by atoms with Crippen molar-refractivity contribution in [3.8, 4) is 22.5 Å². The van der Waals surface area contributed by atoms with Gasteiger partial charge in [-0.2, -0.15) is 0 Å². The minimum atomic E-state index is -0.910. The molecule has 8 rings (SSSR count). The maximum absolute atomic E-state index is 13.6. The van der Waals surface area contributed by atoms with Crippen molar-refractivity contribution in [1.82, 2.24) is 29.3 Å². The molecule has 2 fully saturated rings. The highest BCUT2D eigenvalue weighted by Gasteiger charge is 2.43. The van der Waals surface area contributed by atoms with Gasteiger partial charge in [-0.25, -0.2) is 14.8 Å². The van der Waals surface area contributed by atoms with E-state index < -0.39 is 34.9 Å². The van der Waals surface area contributed by atoms with Gasteiger partial charge in [0.25, 0.3) is 0 Å². The van der Waals surface area contributed by atoms with Gasteiger partial charge in [-0.15, -0.1) is 0 Å². The second-order valence-corrected chi connectivity index (χ2v) is 22.1. The number of amides is 1. The molecular formula is C59H76N6O7. The van der Waals surface area contributed by atoms with E-state index in [2.05, 4.69) is 129 Å². The van der Waals surface area contributed by atoms with E-state index in [9.17, 15) is 9.59 Å². The number of carbonyl (C=O) groups is 2. The zero-order chi connectivity index (χ0) is 51.7. The van der Waals surface area contributed by atoms with Gasteiger partial charge in [0.2, 0.25) is 0 Å². The molecule has 2 saturated heterocycles. The lowest BCUT2D eigenvalue weighted by Gasteiger charge is -2.42. The molecular weight excluding hydrogens is 905 g/mol. The third-order valence-corrected chi connectivity index (χ3v) is 13.0. The van der Waals surface area contributed by atoms with Crippen LogP contribution in [0.25, 0.3) is 22.5 Å². The Bertz CT molecular complexity index is 2630. The molecule has 13 heteroatoms. The van der Waals surface area contributed by atoms with Crippen LogP contribution in [0.3, 0.4) is 0 Å². The minimum Gasteiger partial charge on any atom is -0.462 e. The summed E-state index contributed by atoms with van der Waals surface area (Å²) in [5, 5.41) is 3.82. The lowest BCUT2D eigenvalue weighted by molar-refractivity contribution is -0.263. The topological polar surface area (TPSA) is 131 Å². The van der Waals surface area contributed by atoms with Crippen LogP contribution >= 0.6 is 0 Å². The molecule has 1 N–H and O–H groups in total. The second kappa shape index (κ2) is 23.3. The molecule has 0 saturated carbocycles. The quantitative estimate of drug-likeness (QED) is 0.0831. The first kappa shape index (κ1) is 53.8. The Labute approximate surface area is 427 Å². The average molecular weight is 981 g/mol. The van der Waals surface area contributed by atoms with Gasteiger partial charge in [0.15, 0.2) is 11.6 Å². The number of hydrogen-bond acceptors (Lipinski definition) is 10. The highest BCUT2D eigenvalue weighted by molar-refractivity contribution is 6.32. The van der Waals surface area contributed by atoms with Gasteiger partial charge in [0, 0.05) is 61.5 Å². The standard InChI is InChI=1S/C31H39N3O5.C28H37N3O2/c1-30(2,3)26(34(28(35)29(36)37-6)18-23-20-38-31(4,5)39-21-23)27-32-25(24-15-11-8-12-16-24)19-33(27)17-22-13-9-7-10-14-22;1-27(2,3)25(29-16-22-19-32-28(4,5)33-20-22)26-30-24(23-14-10-7-11-15-23)18-31(26)17-21-12-8-6-9-13-21/h7-16,19,23,26H,17-18,20-21H2,1-6H3;6-15,18,22,25,29H,16-17,19-20H2,1-5H3/t26-;25-/m00/s1. The first-order valence-electron chi connectivity index (χ1n) is 25.2. The average Bonchev–Trinajstić information content (AvgIpc) is 3.96. The maximum Gasteiger partial charge on any atom is 0.396 e.